The molecule has 0 unspecified atom stereocenters. The van der Waals surface area contributed by atoms with Gasteiger partial charge in [-0.15, -0.1) is 0 Å². The van der Waals surface area contributed by atoms with Gasteiger partial charge in [-0.05, 0) is 70.8 Å². The van der Waals surface area contributed by atoms with Crippen molar-refractivity contribution < 1.29 is 14.4 Å². The predicted octanol–water partition coefficient (Wildman–Crippen LogP) is 4.68. The van der Waals surface area contributed by atoms with Crippen molar-refractivity contribution in [3.8, 4) is 0 Å². The molecule has 2 aromatic carbocycles. The van der Waals surface area contributed by atoms with E-state index in [2.05, 4.69) is 21.2 Å². The number of amides is 3. The van der Waals surface area contributed by atoms with Crippen molar-refractivity contribution in [2.75, 3.05) is 5.32 Å². The molecule has 7 heteroatoms. The number of carbonyl (C=O) groups is 3. The van der Waals surface area contributed by atoms with Crippen LogP contribution in [0.15, 0.2) is 53.0 Å². The van der Waals surface area contributed by atoms with Crippen LogP contribution >= 0.6 is 27.5 Å². The molecular formula is C24H22BrClN2O3. The molecule has 0 spiro atoms. The van der Waals surface area contributed by atoms with Gasteiger partial charge in [0.2, 0.25) is 17.7 Å². The Balaban J connectivity index is 1.45. The van der Waals surface area contributed by atoms with Crippen molar-refractivity contribution >= 4 is 50.9 Å². The molecule has 1 saturated heterocycles. The predicted molar refractivity (Wildman–Crippen MR) is 121 cm³/mol. The second kappa shape index (κ2) is 8.06. The monoisotopic (exact) mass is 500 g/mol. The summed E-state index contributed by atoms with van der Waals surface area (Å²) in [6.07, 6.45) is 3.26. The molecule has 160 valence electrons. The molecule has 0 aromatic heterocycles. The summed E-state index contributed by atoms with van der Waals surface area (Å²) in [4.78, 5) is 41.4. The normalized spacial score (nSPS) is 27.5. The molecule has 1 N–H and O–H groups in total. The number of anilines is 1. The molecule has 5 atom stereocenters. The molecule has 2 saturated carbocycles. The second-order valence-electron chi connectivity index (χ2n) is 8.75. The van der Waals surface area contributed by atoms with E-state index < -0.39 is 6.04 Å². The molecule has 5 nitrogen and oxygen atoms in total. The van der Waals surface area contributed by atoms with E-state index in [4.69, 9.17) is 11.6 Å². The van der Waals surface area contributed by atoms with Crippen LogP contribution in [0.5, 0.6) is 0 Å². The van der Waals surface area contributed by atoms with Gasteiger partial charge in [0.15, 0.2) is 0 Å². The Morgan fingerprint density at radius 2 is 1.71 bits per heavy atom. The minimum atomic E-state index is -0.894. The van der Waals surface area contributed by atoms with E-state index in [1.807, 2.05) is 30.3 Å². The first kappa shape index (κ1) is 20.7. The Bertz CT molecular complexity index is 1030. The SMILES string of the molecule is O=C(Nc1ccc(Br)c(Cl)c1)[C@H](Cc1ccccc1)N1C(=O)[C@H]2[C@H]3CC[C@@H](C3)[C@@H]2C1=O. The first-order valence-electron chi connectivity index (χ1n) is 10.6. The van der Waals surface area contributed by atoms with Crippen molar-refractivity contribution in [3.63, 3.8) is 0 Å². The van der Waals surface area contributed by atoms with Crippen LogP contribution in [-0.2, 0) is 20.8 Å². The number of hydrogen-bond donors (Lipinski definition) is 1. The highest BCUT2D eigenvalue weighted by molar-refractivity contribution is 9.10. The summed E-state index contributed by atoms with van der Waals surface area (Å²) in [5.41, 5.74) is 1.42. The van der Waals surface area contributed by atoms with Crippen LogP contribution in [0.2, 0.25) is 5.02 Å². The van der Waals surface area contributed by atoms with Gasteiger partial charge >= 0.3 is 0 Å². The first-order chi connectivity index (χ1) is 14.9. The van der Waals surface area contributed by atoms with Crippen LogP contribution in [0.1, 0.15) is 24.8 Å². The fourth-order valence-electron chi connectivity index (χ4n) is 5.68. The maximum Gasteiger partial charge on any atom is 0.248 e. The van der Waals surface area contributed by atoms with E-state index in [0.29, 0.717) is 10.7 Å². The molecule has 3 amide bonds. The molecule has 2 aliphatic carbocycles. The van der Waals surface area contributed by atoms with Gasteiger partial charge in [0.05, 0.1) is 16.9 Å². The summed E-state index contributed by atoms with van der Waals surface area (Å²) >= 11 is 9.51. The molecule has 5 rings (SSSR count). The van der Waals surface area contributed by atoms with Crippen LogP contribution in [-0.4, -0.2) is 28.7 Å². The average Bonchev–Trinajstić information content (AvgIpc) is 3.44. The number of imide groups is 1. The lowest BCUT2D eigenvalue weighted by atomic mass is 9.81. The fourth-order valence-corrected chi connectivity index (χ4v) is 6.10. The quantitative estimate of drug-likeness (QED) is 0.605. The molecule has 0 radical (unpaired) electrons. The van der Waals surface area contributed by atoms with Crippen molar-refractivity contribution in [1.82, 2.24) is 4.90 Å². The summed E-state index contributed by atoms with van der Waals surface area (Å²) < 4.78 is 0.723. The maximum atomic E-state index is 13.4. The molecule has 3 aliphatic rings. The number of benzene rings is 2. The molecule has 2 bridgehead atoms. The summed E-state index contributed by atoms with van der Waals surface area (Å²) in [5, 5.41) is 3.33. The standard InChI is InChI=1S/C24H22BrClN2O3/c25-17-9-8-16(12-18(17)26)27-22(29)19(10-13-4-2-1-3-5-13)28-23(30)20-14-6-7-15(11-14)21(20)24(28)31/h1-5,8-9,12,14-15,19-21H,6-7,10-11H2,(H,27,29)/t14-,15-,19-,20-,21-/m0/s1. The van der Waals surface area contributed by atoms with Crippen LogP contribution < -0.4 is 5.32 Å². The van der Waals surface area contributed by atoms with E-state index in [1.165, 1.54) is 4.90 Å². The van der Waals surface area contributed by atoms with Crippen molar-refractivity contribution in [3.05, 3.63) is 63.6 Å². The largest absolute Gasteiger partial charge is 0.324 e. The number of rotatable bonds is 5. The fraction of sp³-hybridized carbons (Fsp3) is 0.375. The Hall–Kier alpha value is -2.18. The number of hydrogen-bond acceptors (Lipinski definition) is 3. The number of likely N-dealkylation sites (tertiary alicyclic amines) is 1. The minimum absolute atomic E-state index is 0.174. The molecule has 1 aliphatic heterocycles. The lowest BCUT2D eigenvalue weighted by molar-refractivity contribution is -0.147. The van der Waals surface area contributed by atoms with Crippen molar-refractivity contribution in [2.24, 2.45) is 23.7 Å². The Kier molecular flexibility index (Phi) is 5.39. The third-order valence-corrected chi connectivity index (χ3v) is 8.27. The van der Waals surface area contributed by atoms with Gasteiger partial charge in [0, 0.05) is 16.6 Å². The third-order valence-electron chi connectivity index (χ3n) is 7.03. The number of carbonyl (C=O) groups excluding carboxylic acids is 3. The van der Waals surface area contributed by atoms with Gasteiger partial charge in [0.25, 0.3) is 0 Å². The lowest BCUT2D eigenvalue weighted by Gasteiger charge is -2.27. The van der Waals surface area contributed by atoms with Gasteiger partial charge in [0.1, 0.15) is 6.04 Å². The molecule has 2 aromatic rings. The van der Waals surface area contributed by atoms with Gasteiger partial charge in [-0.25, -0.2) is 0 Å². The first-order valence-corrected chi connectivity index (χ1v) is 11.8. The zero-order valence-corrected chi connectivity index (χ0v) is 19.1. The highest BCUT2D eigenvalue weighted by Crippen LogP contribution is 2.56. The Labute approximate surface area is 194 Å². The number of fused-ring (bicyclic) bond motifs is 5. The number of halogens is 2. The van der Waals surface area contributed by atoms with Crippen LogP contribution in [0.3, 0.4) is 0 Å². The number of nitrogens with zero attached hydrogens (tertiary/aromatic N) is 1. The van der Waals surface area contributed by atoms with Crippen LogP contribution in [0.4, 0.5) is 5.69 Å². The van der Waals surface area contributed by atoms with E-state index >= 15 is 0 Å². The smallest absolute Gasteiger partial charge is 0.248 e. The highest BCUT2D eigenvalue weighted by Gasteiger charge is 2.62. The molecule has 31 heavy (non-hydrogen) atoms. The Morgan fingerprint density at radius 1 is 1.06 bits per heavy atom. The van der Waals surface area contributed by atoms with Crippen molar-refractivity contribution in [1.29, 1.82) is 0 Å². The molecule has 3 fully saturated rings. The number of nitrogens with one attached hydrogen (secondary N) is 1. The van der Waals surface area contributed by atoms with E-state index in [-0.39, 0.29) is 47.8 Å². The van der Waals surface area contributed by atoms with E-state index in [9.17, 15) is 14.4 Å². The van der Waals surface area contributed by atoms with Gasteiger partial charge in [-0.1, -0.05) is 41.9 Å². The summed E-state index contributed by atoms with van der Waals surface area (Å²) in [6.45, 7) is 0. The summed E-state index contributed by atoms with van der Waals surface area (Å²) in [5.74, 6) is -0.668. The zero-order chi connectivity index (χ0) is 21.7. The van der Waals surface area contributed by atoms with Crippen LogP contribution in [0, 0.1) is 23.7 Å². The summed E-state index contributed by atoms with van der Waals surface area (Å²) in [6, 6.07) is 13.7. The molecular weight excluding hydrogens is 480 g/mol. The van der Waals surface area contributed by atoms with Crippen molar-refractivity contribution in [2.45, 2.75) is 31.7 Å². The van der Waals surface area contributed by atoms with Crippen LogP contribution in [0.25, 0.3) is 0 Å². The van der Waals surface area contributed by atoms with E-state index in [1.54, 1.807) is 18.2 Å². The third kappa shape index (κ3) is 3.60. The average molecular weight is 502 g/mol. The Morgan fingerprint density at radius 3 is 2.32 bits per heavy atom. The van der Waals surface area contributed by atoms with E-state index in [0.717, 1.165) is 29.3 Å². The second-order valence-corrected chi connectivity index (χ2v) is 10.0. The zero-order valence-electron chi connectivity index (χ0n) is 16.8. The topological polar surface area (TPSA) is 66.5 Å². The highest BCUT2D eigenvalue weighted by atomic mass is 79.9. The lowest BCUT2D eigenvalue weighted by Crippen LogP contribution is -2.49. The minimum Gasteiger partial charge on any atom is -0.324 e. The molecule has 1 heterocycles. The summed E-state index contributed by atoms with van der Waals surface area (Å²) in [7, 11) is 0. The van der Waals surface area contributed by atoms with Gasteiger partial charge < -0.3 is 5.32 Å². The van der Waals surface area contributed by atoms with Gasteiger partial charge in [-0.2, -0.15) is 0 Å². The maximum absolute atomic E-state index is 13.4. The van der Waals surface area contributed by atoms with Gasteiger partial charge in [-0.3, -0.25) is 19.3 Å².